The van der Waals surface area contributed by atoms with E-state index in [1.807, 2.05) is 6.07 Å². The van der Waals surface area contributed by atoms with E-state index >= 15 is 0 Å². The van der Waals surface area contributed by atoms with Gasteiger partial charge in [-0.1, -0.05) is 36.4 Å². The third-order valence-corrected chi connectivity index (χ3v) is 3.99. The molecule has 0 aliphatic carbocycles. The first-order valence-electron chi connectivity index (χ1n) is 7.70. The van der Waals surface area contributed by atoms with Crippen molar-refractivity contribution < 1.29 is 9.47 Å². The minimum atomic E-state index is -0.268. The van der Waals surface area contributed by atoms with Gasteiger partial charge in [0.2, 0.25) is 0 Å². The van der Waals surface area contributed by atoms with Gasteiger partial charge in [0.05, 0.1) is 7.11 Å². The summed E-state index contributed by atoms with van der Waals surface area (Å²) >= 11 is 0. The van der Waals surface area contributed by atoms with E-state index in [-0.39, 0.29) is 5.60 Å². The average Bonchev–Trinajstić information content (AvgIpc) is 2.52. The van der Waals surface area contributed by atoms with Gasteiger partial charge < -0.3 is 9.47 Å². The van der Waals surface area contributed by atoms with Crippen LogP contribution >= 0.6 is 0 Å². The lowest BCUT2D eigenvalue weighted by Gasteiger charge is -2.29. The Balaban J connectivity index is 1.90. The molecule has 0 atom stereocenters. The molecule has 1 heterocycles. The molecule has 0 aromatic heterocycles. The first-order valence-corrected chi connectivity index (χ1v) is 7.70. The van der Waals surface area contributed by atoms with E-state index in [0.717, 1.165) is 24.3 Å². The summed E-state index contributed by atoms with van der Waals surface area (Å²) in [6.45, 7) is 4.13. The van der Waals surface area contributed by atoms with Gasteiger partial charge in [0.15, 0.2) is 0 Å². The maximum Gasteiger partial charge on any atom is 0.131 e. The number of hydrogen-bond acceptors (Lipinski definition) is 2. The van der Waals surface area contributed by atoms with Crippen molar-refractivity contribution >= 4 is 6.08 Å². The van der Waals surface area contributed by atoms with Crippen LogP contribution in [0.5, 0.6) is 11.5 Å². The van der Waals surface area contributed by atoms with Crippen LogP contribution < -0.4 is 9.47 Å². The summed E-state index contributed by atoms with van der Waals surface area (Å²) in [6, 6.07) is 14.7. The topological polar surface area (TPSA) is 18.5 Å². The van der Waals surface area contributed by atoms with Gasteiger partial charge in [0.25, 0.3) is 0 Å². The SMILES string of the molecule is COc1cc(CCc2ccccc2)c2c(c1)OC(C)(C)C=C2. The van der Waals surface area contributed by atoms with Crippen LogP contribution in [0.25, 0.3) is 6.08 Å². The highest BCUT2D eigenvalue weighted by Crippen LogP contribution is 2.37. The molecular formula is C20H22O2. The summed E-state index contributed by atoms with van der Waals surface area (Å²) < 4.78 is 11.5. The maximum absolute atomic E-state index is 6.09. The summed E-state index contributed by atoms with van der Waals surface area (Å²) in [5, 5.41) is 0. The Morgan fingerprint density at radius 2 is 1.82 bits per heavy atom. The van der Waals surface area contributed by atoms with Gasteiger partial charge in [-0.3, -0.25) is 0 Å². The minimum absolute atomic E-state index is 0.268. The second kappa shape index (κ2) is 5.88. The predicted octanol–water partition coefficient (Wildman–Crippen LogP) is 4.66. The molecule has 3 rings (SSSR count). The second-order valence-corrected chi connectivity index (χ2v) is 6.22. The maximum atomic E-state index is 6.09. The van der Waals surface area contributed by atoms with Crippen LogP contribution in [-0.4, -0.2) is 12.7 Å². The van der Waals surface area contributed by atoms with Crippen molar-refractivity contribution in [2.24, 2.45) is 0 Å². The van der Waals surface area contributed by atoms with Crippen molar-refractivity contribution in [2.45, 2.75) is 32.3 Å². The summed E-state index contributed by atoms with van der Waals surface area (Å²) in [6.07, 6.45) is 6.28. The fourth-order valence-corrected chi connectivity index (χ4v) is 2.78. The van der Waals surface area contributed by atoms with Gasteiger partial charge >= 0.3 is 0 Å². The van der Waals surface area contributed by atoms with Crippen LogP contribution in [0.3, 0.4) is 0 Å². The van der Waals surface area contributed by atoms with Crippen LogP contribution in [-0.2, 0) is 12.8 Å². The molecule has 22 heavy (non-hydrogen) atoms. The second-order valence-electron chi connectivity index (χ2n) is 6.22. The Bertz CT molecular complexity index is 684. The number of hydrogen-bond donors (Lipinski definition) is 0. The van der Waals surface area contributed by atoms with Crippen LogP contribution in [0, 0.1) is 0 Å². The molecular weight excluding hydrogens is 272 g/mol. The zero-order valence-corrected chi connectivity index (χ0v) is 13.4. The lowest BCUT2D eigenvalue weighted by atomic mass is 9.94. The number of benzene rings is 2. The molecule has 0 saturated heterocycles. The summed E-state index contributed by atoms with van der Waals surface area (Å²) in [5.74, 6) is 1.77. The molecule has 0 radical (unpaired) electrons. The highest BCUT2D eigenvalue weighted by atomic mass is 16.5. The van der Waals surface area contributed by atoms with E-state index in [4.69, 9.17) is 9.47 Å². The lowest BCUT2D eigenvalue weighted by molar-refractivity contribution is 0.158. The van der Waals surface area contributed by atoms with Crippen molar-refractivity contribution in [1.29, 1.82) is 0 Å². The Morgan fingerprint density at radius 3 is 2.55 bits per heavy atom. The minimum Gasteiger partial charge on any atom is -0.497 e. The van der Waals surface area contributed by atoms with Gasteiger partial charge in [0, 0.05) is 11.6 Å². The lowest BCUT2D eigenvalue weighted by Crippen LogP contribution is -2.27. The molecule has 0 unspecified atom stereocenters. The van der Waals surface area contributed by atoms with Crippen molar-refractivity contribution in [3.63, 3.8) is 0 Å². The highest BCUT2D eigenvalue weighted by molar-refractivity contribution is 5.66. The molecule has 0 bridgehead atoms. The van der Waals surface area contributed by atoms with E-state index < -0.39 is 0 Å². The Kier molecular flexibility index (Phi) is 3.93. The third-order valence-electron chi connectivity index (χ3n) is 3.99. The fraction of sp³-hybridized carbons (Fsp3) is 0.300. The Labute approximate surface area is 132 Å². The van der Waals surface area contributed by atoms with Crippen LogP contribution in [0.1, 0.15) is 30.5 Å². The monoisotopic (exact) mass is 294 g/mol. The van der Waals surface area contributed by atoms with E-state index in [9.17, 15) is 0 Å². The Morgan fingerprint density at radius 1 is 1.05 bits per heavy atom. The van der Waals surface area contributed by atoms with Crippen molar-refractivity contribution in [3.8, 4) is 11.5 Å². The van der Waals surface area contributed by atoms with Gasteiger partial charge in [-0.05, 0) is 50.0 Å². The van der Waals surface area contributed by atoms with Gasteiger partial charge in [-0.15, -0.1) is 0 Å². The highest BCUT2D eigenvalue weighted by Gasteiger charge is 2.23. The quantitative estimate of drug-likeness (QED) is 0.816. The zero-order valence-electron chi connectivity index (χ0n) is 13.4. The van der Waals surface area contributed by atoms with Gasteiger partial charge in [-0.25, -0.2) is 0 Å². The summed E-state index contributed by atoms with van der Waals surface area (Å²) in [7, 11) is 1.70. The smallest absolute Gasteiger partial charge is 0.131 e. The normalized spacial score (nSPS) is 15.0. The summed E-state index contributed by atoms with van der Waals surface area (Å²) in [5.41, 5.74) is 3.52. The number of methoxy groups -OCH3 is 1. The number of ether oxygens (including phenoxy) is 2. The van der Waals surface area contributed by atoms with E-state index in [2.05, 4.69) is 62.4 Å². The van der Waals surface area contributed by atoms with Gasteiger partial charge in [0.1, 0.15) is 17.1 Å². The average molecular weight is 294 g/mol. The zero-order chi connectivity index (χ0) is 15.6. The number of rotatable bonds is 4. The van der Waals surface area contributed by atoms with Crippen molar-refractivity contribution in [2.75, 3.05) is 7.11 Å². The molecule has 0 saturated carbocycles. The van der Waals surface area contributed by atoms with Crippen LogP contribution in [0.15, 0.2) is 48.5 Å². The van der Waals surface area contributed by atoms with Crippen LogP contribution in [0.4, 0.5) is 0 Å². The van der Waals surface area contributed by atoms with Crippen molar-refractivity contribution in [3.05, 3.63) is 65.2 Å². The van der Waals surface area contributed by atoms with E-state index in [1.54, 1.807) is 7.11 Å². The molecule has 0 amide bonds. The molecule has 114 valence electrons. The predicted molar refractivity (Wildman–Crippen MR) is 90.6 cm³/mol. The molecule has 0 fully saturated rings. The Hall–Kier alpha value is -2.22. The molecule has 2 nitrogen and oxygen atoms in total. The molecule has 0 N–H and O–H groups in total. The first kappa shape index (κ1) is 14.7. The standard InChI is InChI=1S/C20H22O2/c1-20(2)12-11-18-16(10-9-15-7-5-4-6-8-15)13-17(21-3)14-19(18)22-20/h4-8,11-14H,9-10H2,1-3H3. The molecule has 1 aliphatic rings. The van der Waals surface area contributed by atoms with Crippen molar-refractivity contribution in [1.82, 2.24) is 0 Å². The van der Waals surface area contributed by atoms with Gasteiger partial charge in [-0.2, -0.15) is 0 Å². The molecule has 2 heteroatoms. The summed E-state index contributed by atoms with van der Waals surface area (Å²) in [4.78, 5) is 0. The third kappa shape index (κ3) is 3.16. The van der Waals surface area contributed by atoms with E-state index in [1.165, 1.54) is 16.7 Å². The number of aryl methyl sites for hydroxylation is 2. The van der Waals surface area contributed by atoms with Crippen LogP contribution in [0.2, 0.25) is 0 Å². The molecule has 0 spiro atoms. The largest absolute Gasteiger partial charge is 0.497 e. The van der Waals surface area contributed by atoms with E-state index in [0.29, 0.717) is 0 Å². The fourth-order valence-electron chi connectivity index (χ4n) is 2.78. The first-order chi connectivity index (χ1) is 10.6. The molecule has 2 aromatic rings. The molecule has 2 aromatic carbocycles. The number of fused-ring (bicyclic) bond motifs is 1. The molecule has 1 aliphatic heterocycles.